The number of aliphatic hydroxyl groups is 2. The maximum Gasteiger partial charge on any atom is 0.0854 e. The van der Waals surface area contributed by atoms with Crippen LogP contribution in [0.15, 0.2) is 60.7 Å². The minimum absolute atomic E-state index is 0.0863. The van der Waals surface area contributed by atoms with E-state index in [-0.39, 0.29) is 24.2 Å². The van der Waals surface area contributed by atoms with Crippen LogP contribution in [0.4, 0.5) is 0 Å². The highest BCUT2D eigenvalue weighted by molar-refractivity contribution is 6.31. The van der Waals surface area contributed by atoms with Crippen LogP contribution in [0.5, 0.6) is 0 Å². The van der Waals surface area contributed by atoms with Gasteiger partial charge in [-0.2, -0.15) is 0 Å². The number of benzene rings is 1. The Morgan fingerprint density at radius 2 is 1.59 bits per heavy atom. The molecule has 3 unspecified atom stereocenters. The molecule has 0 amide bonds. The van der Waals surface area contributed by atoms with Crippen molar-refractivity contribution < 1.29 is 14.9 Å². The summed E-state index contributed by atoms with van der Waals surface area (Å²) in [6.07, 6.45) is 1.18. The third kappa shape index (κ3) is 5.52. The van der Waals surface area contributed by atoms with Crippen molar-refractivity contribution in [1.29, 1.82) is 0 Å². The summed E-state index contributed by atoms with van der Waals surface area (Å²) in [7, 11) is 0. The highest BCUT2D eigenvalue weighted by atomic mass is 35.5. The molecule has 32 heavy (non-hydrogen) atoms. The molecule has 1 aromatic rings. The van der Waals surface area contributed by atoms with Gasteiger partial charge in [-0.05, 0) is 33.9 Å². The van der Waals surface area contributed by atoms with Crippen LogP contribution in [-0.2, 0) is 10.2 Å². The van der Waals surface area contributed by atoms with E-state index in [1.807, 2.05) is 18.2 Å². The lowest BCUT2D eigenvalue weighted by molar-refractivity contribution is -0.113. The standard InChI is InChI=1S/C25H27ClO3.C3H8/c1-25(2,19-10-16-6-4-3-5-7-17(16)11-19)22-12-18(8-9-23(22)26)24-14-20(28)13-21(15-27)29-24;1-3-2/h3-12,20-21,24,27-28H,13-15H2,1-2H3;3H2,1-2H3. The Labute approximate surface area is 197 Å². The fourth-order valence-corrected chi connectivity index (χ4v) is 4.63. The number of hydrogen-bond acceptors (Lipinski definition) is 3. The summed E-state index contributed by atoms with van der Waals surface area (Å²) < 4.78 is 6.01. The van der Waals surface area contributed by atoms with E-state index in [1.54, 1.807) is 0 Å². The van der Waals surface area contributed by atoms with E-state index in [4.69, 9.17) is 16.3 Å². The molecule has 1 heterocycles. The Morgan fingerprint density at radius 3 is 2.19 bits per heavy atom. The SMILES string of the molecule is CC(C)(c1cc2cccccc-2c1)c1cc(C2CC(O)CC(CO)O2)ccc1Cl.CCC. The first-order valence-corrected chi connectivity index (χ1v) is 11.9. The summed E-state index contributed by atoms with van der Waals surface area (Å²) in [6.45, 7) is 8.52. The van der Waals surface area contributed by atoms with Gasteiger partial charge in [-0.15, -0.1) is 0 Å². The molecular formula is C28H35ClO3. The van der Waals surface area contributed by atoms with Gasteiger partial charge in [-0.1, -0.05) is 100 Å². The van der Waals surface area contributed by atoms with Gasteiger partial charge in [0.25, 0.3) is 0 Å². The van der Waals surface area contributed by atoms with Crippen LogP contribution < -0.4 is 0 Å². The molecular weight excluding hydrogens is 420 g/mol. The van der Waals surface area contributed by atoms with Gasteiger partial charge in [0.05, 0.1) is 24.9 Å². The zero-order chi connectivity index (χ0) is 23.3. The summed E-state index contributed by atoms with van der Waals surface area (Å²) >= 11 is 6.64. The molecule has 0 radical (unpaired) electrons. The van der Waals surface area contributed by atoms with Crippen LogP contribution in [0.1, 0.15) is 69.8 Å². The molecule has 1 aromatic carbocycles. The van der Waals surface area contributed by atoms with E-state index in [1.165, 1.54) is 23.1 Å². The zero-order valence-electron chi connectivity index (χ0n) is 19.5. The van der Waals surface area contributed by atoms with E-state index in [0.717, 1.165) is 11.1 Å². The second kappa shape index (κ2) is 10.8. The number of aliphatic hydroxyl groups excluding tert-OH is 2. The molecule has 4 heteroatoms. The molecule has 0 spiro atoms. The highest BCUT2D eigenvalue weighted by Gasteiger charge is 2.32. The number of hydrogen-bond donors (Lipinski definition) is 2. The van der Waals surface area contributed by atoms with E-state index < -0.39 is 6.10 Å². The first-order chi connectivity index (χ1) is 15.3. The lowest BCUT2D eigenvalue weighted by atomic mass is 9.78. The van der Waals surface area contributed by atoms with Crippen molar-refractivity contribution in [2.45, 2.75) is 70.7 Å². The predicted octanol–water partition coefficient (Wildman–Crippen LogP) is 6.76. The number of halogens is 1. The molecule has 3 atom stereocenters. The molecule has 3 aliphatic rings. The van der Waals surface area contributed by atoms with Gasteiger partial charge in [-0.3, -0.25) is 0 Å². The van der Waals surface area contributed by atoms with Crippen molar-refractivity contribution >= 4 is 11.6 Å². The monoisotopic (exact) mass is 454 g/mol. The number of ether oxygens (including phenoxy) is 1. The lowest BCUT2D eigenvalue weighted by Crippen LogP contribution is -2.33. The minimum Gasteiger partial charge on any atom is -0.394 e. The third-order valence-corrected chi connectivity index (χ3v) is 6.40. The van der Waals surface area contributed by atoms with Crippen LogP contribution in [0.3, 0.4) is 0 Å². The van der Waals surface area contributed by atoms with Crippen molar-refractivity contribution in [1.82, 2.24) is 0 Å². The van der Waals surface area contributed by atoms with Crippen molar-refractivity contribution in [3.8, 4) is 11.1 Å². The fraction of sp³-hybridized carbons (Fsp3) is 0.429. The van der Waals surface area contributed by atoms with Gasteiger partial charge < -0.3 is 14.9 Å². The smallest absolute Gasteiger partial charge is 0.0854 e. The first kappa shape index (κ1) is 24.7. The summed E-state index contributed by atoms with van der Waals surface area (Å²) in [5.41, 5.74) is 5.33. The second-order valence-electron chi connectivity index (χ2n) is 9.19. The minimum atomic E-state index is -0.473. The lowest BCUT2D eigenvalue weighted by Gasteiger charge is -2.34. The maximum absolute atomic E-state index is 10.2. The zero-order valence-corrected chi connectivity index (χ0v) is 20.3. The molecule has 0 saturated carbocycles. The van der Waals surface area contributed by atoms with Crippen LogP contribution in [0.2, 0.25) is 5.02 Å². The second-order valence-corrected chi connectivity index (χ2v) is 9.60. The van der Waals surface area contributed by atoms with Crippen molar-refractivity contribution in [2.75, 3.05) is 6.61 Å². The maximum atomic E-state index is 10.2. The van der Waals surface area contributed by atoms with E-state index in [2.05, 4.69) is 70.2 Å². The molecule has 2 aliphatic carbocycles. The van der Waals surface area contributed by atoms with Crippen molar-refractivity contribution in [2.24, 2.45) is 0 Å². The Balaban J connectivity index is 0.000000913. The average molecular weight is 455 g/mol. The molecule has 4 rings (SSSR count). The van der Waals surface area contributed by atoms with E-state index in [9.17, 15) is 10.2 Å². The highest BCUT2D eigenvalue weighted by Crippen LogP contribution is 2.42. The van der Waals surface area contributed by atoms with E-state index >= 15 is 0 Å². The van der Waals surface area contributed by atoms with Gasteiger partial charge >= 0.3 is 0 Å². The van der Waals surface area contributed by atoms with Gasteiger partial charge in [0, 0.05) is 23.3 Å². The molecule has 1 aliphatic heterocycles. The van der Waals surface area contributed by atoms with Crippen LogP contribution in [-0.4, -0.2) is 29.0 Å². The van der Waals surface area contributed by atoms with Gasteiger partial charge in [-0.25, -0.2) is 0 Å². The molecule has 0 aromatic heterocycles. The molecule has 1 saturated heterocycles. The summed E-state index contributed by atoms with van der Waals surface area (Å²) in [4.78, 5) is 0. The van der Waals surface area contributed by atoms with Gasteiger partial charge in [0.15, 0.2) is 0 Å². The Hall–Kier alpha value is -1.91. The van der Waals surface area contributed by atoms with Crippen LogP contribution in [0, 0.1) is 0 Å². The first-order valence-electron chi connectivity index (χ1n) is 11.5. The number of fused-ring (bicyclic) bond motifs is 1. The predicted molar refractivity (Wildman–Crippen MR) is 133 cm³/mol. The number of rotatable bonds is 4. The third-order valence-electron chi connectivity index (χ3n) is 6.07. The molecule has 1 fully saturated rings. The quantitative estimate of drug-likeness (QED) is 0.457. The van der Waals surface area contributed by atoms with Crippen LogP contribution >= 0.6 is 11.6 Å². The Morgan fingerprint density at radius 1 is 0.969 bits per heavy atom. The molecule has 0 bridgehead atoms. The Bertz CT molecular complexity index is 953. The summed E-state index contributed by atoms with van der Waals surface area (Å²) in [5, 5.41) is 20.4. The van der Waals surface area contributed by atoms with Gasteiger partial charge in [0.1, 0.15) is 0 Å². The summed E-state index contributed by atoms with van der Waals surface area (Å²) in [5.74, 6) is 0. The van der Waals surface area contributed by atoms with Crippen molar-refractivity contribution in [3.05, 3.63) is 82.4 Å². The normalized spacial score (nSPS) is 21.2. The molecule has 3 nitrogen and oxygen atoms in total. The average Bonchev–Trinajstić information content (AvgIpc) is 3.05. The topological polar surface area (TPSA) is 49.7 Å². The van der Waals surface area contributed by atoms with Gasteiger partial charge in [0.2, 0.25) is 0 Å². The molecule has 2 N–H and O–H groups in total. The fourth-order valence-electron chi connectivity index (χ4n) is 4.28. The summed E-state index contributed by atoms with van der Waals surface area (Å²) in [6, 6.07) is 20.8. The van der Waals surface area contributed by atoms with Crippen LogP contribution in [0.25, 0.3) is 11.1 Å². The Kier molecular flexibility index (Phi) is 8.35. The van der Waals surface area contributed by atoms with Crippen molar-refractivity contribution in [3.63, 3.8) is 0 Å². The molecule has 172 valence electrons. The van der Waals surface area contributed by atoms with E-state index in [0.29, 0.717) is 17.9 Å². The largest absolute Gasteiger partial charge is 0.394 e.